The fourth-order valence-electron chi connectivity index (χ4n) is 2.16. The number of allylic oxidation sites excluding steroid dienone is 5. The van der Waals surface area contributed by atoms with Gasteiger partial charge >= 0.3 is 12.1 Å². The maximum atomic E-state index is 12.6. The highest BCUT2D eigenvalue weighted by atomic mass is 32.1. The van der Waals surface area contributed by atoms with Crippen molar-refractivity contribution >= 4 is 16.9 Å². The summed E-state index contributed by atoms with van der Waals surface area (Å²) >= 11 is 1.23. The van der Waals surface area contributed by atoms with Crippen molar-refractivity contribution in [1.82, 2.24) is 25.2 Å². The highest BCUT2D eigenvalue weighted by molar-refractivity contribution is 7.15. The standard InChI is InChI=1S/C17H15F3N6OS/c1-3-11(5-4-10(2)21)13-9-26(25-22-13)8-12-6-7-14(28-12)15-23-24-16(27-15)17(18,19)20/h3-7,9H,1,8,21H2,2H3/b10-4+,11-5+. The van der Waals surface area contributed by atoms with Gasteiger partial charge in [-0.05, 0) is 25.1 Å². The van der Waals surface area contributed by atoms with Crippen molar-refractivity contribution in [2.24, 2.45) is 5.73 Å². The Labute approximate surface area is 161 Å². The summed E-state index contributed by atoms with van der Waals surface area (Å²) in [6.45, 7) is 5.90. The molecule has 2 N–H and O–H groups in total. The molecule has 146 valence electrons. The van der Waals surface area contributed by atoms with Gasteiger partial charge in [0.15, 0.2) is 0 Å². The van der Waals surface area contributed by atoms with Crippen molar-refractivity contribution in [3.63, 3.8) is 0 Å². The number of nitrogens with zero attached hydrogens (tertiary/aromatic N) is 5. The Morgan fingerprint density at radius 2 is 2.07 bits per heavy atom. The van der Waals surface area contributed by atoms with Crippen molar-refractivity contribution < 1.29 is 17.6 Å². The van der Waals surface area contributed by atoms with Crippen LogP contribution in [0.5, 0.6) is 0 Å². The summed E-state index contributed by atoms with van der Waals surface area (Å²) in [5, 5.41) is 14.6. The van der Waals surface area contributed by atoms with E-state index >= 15 is 0 Å². The summed E-state index contributed by atoms with van der Waals surface area (Å²) in [5.41, 5.74) is 7.64. The summed E-state index contributed by atoms with van der Waals surface area (Å²) in [5.74, 6) is -1.55. The molecule has 0 aliphatic heterocycles. The molecular weight excluding hydrogens is 393 g/mol. The van der Waals surface area contributed by atoms with E-state index in [0.29, 0.717) is 22.8 Å². The second-order valence-corrected chi connectivity index (χ2v) is 6.88. The van der Waals surface area contributed by atoms with E-state index in [0.717, 1.165) is 10.5 Å². The van der Waals surface area contributed by atoms with Crippen LogP contribution < -0.4 is 5.73 Å². The van der Waals surface area contributed by atoms with Crippen molar-refractivity contribution in [2.45, 2.75) is 19.6 Å². The topological polar surface area (TPSA) is 95.7 Å². The Bertz CT molecular complexity index is 1040. The highest BCUT2D eigenvalue weighted by Crippen LogP contribution is 2.33. The van der Waals surface area contributed by atoms with Crippen LogP contribution in [0.25, 0.3) is 16.3 Å². The minimum absolute atomic E-state index is 0.177. The van der Waals surface area contributed by atoms with E-state index in [-0.39, 0.29) is 5.89 Å². The molecule has 3 heterocycles. The largest absolute Gasteiger partial charge is 0.470 e. The minimum atomic E-state index is -4.67. The first-order valence-corrected chi connectivity index (χ1v) is 8.74. The van der Waals surface area contributed by atoms with Gasteiger partial charge in [0.25, 0.3) is 5.89 Å². The molecule has 0 amide bonds. The molecule has 0 aliphatic carbocycles. The lowest BCUT2D eigenvalue weighted by Gasteiger charge is -1.97. The number of halogens is 3. The van der Waals surface area contributed by atoms with E-state index in [1.165, 1.54) is 11.3 Å². The number of aromatic nitrogens is 5. The molecule has 3 aromatic rings. The smallest absolute Gasteiger partial charge is 0.412 e. The van der Waals surface area contributed by atoms with E-state index < -0.39 is 12.1 Å². The third-order valence-electron chi connectivity index (χ3n) is 3.44. The van der Waals surface area contributed by atoms with Gasteiger partial charge in [-0.25, -0.2) is 4.68 Å². The molecule has 28 heavy (non-hydrogen) atoms. The molecule has 0 radical (unpaired) electrons. The molecule has 0 bridgehead atoms. The maximum absolute atomic E-state index is 12.6. The van der Waals surface area contributed by atoms with E-state index in [9.17, 15) is 13.2 Å². The van der Waals surface area contributed by atoms with Gasteiger partial charge in [0.1, 0.15) is 5.69 Å². The Kier molecular flexibility index (Phi) is 5.45. The fourth-order valence-corrected chi connectivity index (χ4v) is 3.08. The van der Waals surface area contributed by atoms with Gasteiger partial charge < -0.3 is 10.2 Å². The molecule has 7 nitrogen and oxygen atoms in total. The number of alkyl halides is 3. The lowest BCUT2D eigenvalue weighted by Crippen LogP contribution is -2.04. The summed E-state index contributed by atoms with van der Waals surface area (Å²) in [6, 6.07) is 3.37. The van der Waals surface area contributed by atoms with Crippen LogP contribution in [0.15, 0.2) is 53.3 Å². The maximum Gasteiger partial charge on any atom is 0.470 e. The van der Waals surface area contributed by atoms with Crippen molar-refractivity contribution in [3.05, 3.63) is 65.3 Å². The molecule has 3 rings (SSSR count). The zero-order valence-electron chi connectivity index (χ0n) is 14.6. The van der Waals surface area contributed by atoms with Gasteiger partial charge in [-0.3, -0.25) is 0 Å². The van der Waals surface area contributed by atoms with Gasteiger partial charge in [0.2, 0.25) is 0 Å². The van der Waals surface area contributed by atoms with Crippen LogP contribution in [0.1, 0.15) is 23.4 Å². The van der Waals surface area contributed by atoms with E-state index in [2.05, 4.69) is 31.5 Å². The normalized spacial score (nSPS) is 13.1. The van der Waals surface area contributed by atoms with Gasteiger partial charge in [0.05, 0.1) is 17.6 Å². The predicted octanol–water partition coefficient (Wildman–Crippen LogP) is 3.89. The molecule has 0 saturated carbocycles. The molecule has 0 unspecified atom stereocenters. The summed E-state index contributed by atoms with van der Waals surface area (Å²) in [7, 11) is 0. The molecule has 11 heteroatoms. The zero-order chi connectivity index (χ0) is 20.3. The monoisotopic (exact) mass is 408 g/mol. The molecule has 0 spiro atoms. The Morgan fingerprint density at radius 3 is 2.71 bits per heavy atom. The third kappa shape index (κ3) is 4.55. The Hall–Kier alpha value is -3.21. The van der Waals surface area contributed by atoms with Gasteiger partial charge in [-0.1, -0.05) is 23.9 Å². The highest BCUT2D eigenvalue weighted by Gasteiger charge is 2.38. The lowest BCUT2D eigenvalue weighted by atomic mass is 10.2. The molecule has 0 aromatic carbocycles. The minimum Gasteiger partial charge on any atom is -0.412 e. The van der Waals surface area contributed by atoms with Crippen LogP contribution in [-0.4, -0.2) is 25.2 Å². The van der Waals surface area contributed by atoms with Crippen molar-refractivity contribution in [1.29, 1.82) is 0 Å². The third-order valence-corrected chi connectivity index (χ3v) is 4.50. The molecule has 0 atom stereocenters. The molecule has 0 saturated heterocycles. The van der Waals surface area contributed by atoms with Crippen LogP contribution in [0.2, 0.25) is 0 Å². The first-order chi connectivity index (χ1) is 13.3. The first kappa shape index (κ1) is 19.5. The quantitative estimate of drug-likeness (QED) is 0.622. The fraction of sp³-hybridized carbons (Fsp3) is 0.176. The van der Waals surface area contributed by atoms with Crippen LogP contribution in [0, 0.1) is 0 Å². The number of thiophene rings is 1. The average molecular weight is 408 g/mol. The van der Waals surface area contributed by atoms with Crippen LogP contribution in [0.4, 0.5) is 13.2 Å². The van der Waals surface area contributed by atoms with Gasteiger partial charge in [0, 0.05) is 16.1 Å². The number of nitrogens with two attached hydrogens (primary N) is 1. The SMILES string of the molecule is C=C/C(=C\C=C(/C)N)c1cn(Cc2ccc(-c3nnc(C(F)(F)F)o3)s2)nn1. The van der Waals surface area contributed by atoms with E-state index in [1.807, 2.05) is 0 Å². The number of rotatable bonds is 6. The number of hydrogen-bond acceptors (Lipinski definition) is 7. The van der Waals surface area contributed by atoms with Crippen molar-refractivity contribution in [2.75, 3.05) is 0 Å². The lowest BCUT2D eigenvalue weighted by molar-refractivity contribution is -0.156. The predicted molar refractivity (Wildman–Crippen MR) is 97.9 cm³/mol. The average Bonchev–Trinajstić information content (AvgIpc) is 3.34. The summed E-state index contributed by atoms with van der Waals surface area (Å²) in [6.07, 6.45) is 2.23. The van der Waals surface area contributed by atoms with Crippen LogP contribution in [0.3, 0.4) is 0 Å². The Balaban J connectivity index is 1.75. The zero-order valence-corrected chi connectivity index (χ0v) is 15.5. The molecular formula is C17H15F3N6OS. The molecule has 0 aliphatic rings. The van der Waals surface area contributed by atoms with Crippen LogP contribution in [-0.2, 0) is 12.7 Å². The second kappa shape index (κ2) is 7.80. The van der Waals surface area contributed by atoms with Gasteiger partial charge in [-0.2, -0.15) is 13.2 Å². The van der Waals surface area contributed by atoms with E-state index in [1.54, 1.807) is 48.2 Å². The van der Waals surface area contributed by atoms with Crippen molar-refractivity contribution in [3.8, 4) is 10.8 Å². The Morgan fingerprint density at radius 1 is 1.29 bits per heavy atom. The van der Waals surface area contributed by atoms with Crippen LogP contribution >= 0.6 is 11.3 Å². The molecule has 3 aromatic heterocycles. The van der Waals surface area contributed by atoms with E-state index in [4.69, 9.17) is 5.73 Å². The second-order valence-electron chi connectivity index (χ2n) is 5.71. The summed E-state index contributed by atoms with van der Waals surface area (Å²) < 4.78 is 44.0. The van der Waals surface area contributed by atoms with Gasteiger partial charge in [-0.15, -0.1) is 26.6 Å². The molecule has 0 fully saturated rings. The first-order valence-electron chi connectivity index (χ1n) is 7.93. The summed E-state index contributed by atoms with van der Waals surface area (Å²) in [4.78, 5) is 1.27. The number of hydrogen-bond donors (Lipinski definition) is 1.